The van der Waals surface area contributed by atoms with Crippen LogP contribution in [0.5, 0.6) is 0 Å². The van der Waals surface area contributed by atoms with Crippen molar-refractivity contribution in [3.63, 3.8) is 0 Å². The number of hydrogen-bond acceptors (Lipinski definition) is 0. The summed E-state index contributed by atoms with van der Waals surface area (Å²) in [4.78, 5) is 0. The fraction of sp³-hybridized carbons (Fsp3) is 0. The van der Waals surface area contributed by atoms with Crippen molar-refractivity contribution in [1.29, 1.82) is 0 Å². The van der Waals surface area contributed by atoms with Crippen molar-refractivity contribution < 1.29 is 0 Å². The van der Waals surface area contributed by atoms with Gasteiger partial charge in [0.15, 0.2) is 0 Å². The van der Waals surface area contributed by atoms with Crippen molar-refractivity contribution in [3.8, 4) is 0 Å². The summed E-state index contributed by atoms with van der Waals surface area (Å²) in [6.45, 7) is 0. The van der Waals surface area contributed by atoms with Gasteiger partial charge in [-0.25, -0.2) is 0 Å². The summed E-state index contributed by atoms with van der Waals surface area (Å²) in [6.07, 6.45) is 0. The van der Waals surface area contributed by atoms with E-state index in [1.165, 1.54) is 14.4 Å². The molecule has 4 heteroatoms. The van der Waals surface area contributed by atoms with E-state index in [2.05, 4.69) is 121 Å². The van der Waals surface area contributed by atoms with Crippen LogP contribution >= 0.6 is 34.0 Å². The molecule has 144 valence electrons. The van der Waals surface area contributed by atoms with Crippen LogP contribution in [0.1, 0.15) is 0 Å². The van der Waals surface area contributed by atoms with Crippen molar-refractivity contribution in [1.82, 2.24) is 0 Å². The average Bonchev–Trinajstić information content (AvgIpc) is 2.72. The molecule has 0 fully saturated rings. The monoisotopic (exact) mass is 728 g/mol. The maximum absolute atomic E-state index is 2.22. The summed E-state index contributed by atoms with van der Waals surface area (Å²) < 4.78 is 6.00. The number of hydrogen-bond donors (Lipinski definition) is 0. The Morgan fingerprint density at radius 2 is 0.464 bits per heavy atom. The second kappa shape index (κ2) is 15.3. The Kier molecular flexibility index (Phi) is 13.9. The summed E-state index contributed by atoms with van der Waals surface area (Å²) in [7, 11) is 0. The molecule has 0 saturated carbocycles. The fourth-order valence-corrected chi connectivity index (χ4v) is 7.13. The molecule has 4 aromatic rings. The Morgan fingerprint density at radius 1 is 0.286 bits per heavy atom. The first-order valence-electron chi connectivity index (χ1n) is 8.46. The topological polar surface area (TPSA) is 0 Å². The van der Waals surface area contributed by atoms with E-state index in [1.807, 2.05) is 0 Å². The SMILES string of the molecule is Br.Br.c1ccc([Te]c2ccccc2)cc1.c1ccc([Te]c2ccccc2)cc1. The minimum atomic E-state index is -0.153. The minimum absolute atomic E-state index is 0. The third-order valence-electron chi connectivity index (χ3n) is 3.44. The molecule has 0 amide bonds. The molecular weight excluding hydrogens is 703 g/mol. The van der Waals surface area contributed by atoms with Crippen LogP contribution in [-0.4, -0.2) is 41.8 Å². The molecule has 0 aliphatic rings. The van der Waals surface area contributed by atoms with Gasteiger partial charge in [0, 0.05) is 0 Å². The van der Waals surface area contributed by atoms with Crippen LogP contribution in [0.25, 0.3) is 0 Å². The zero-order valence-electron chi connectivity index (χ0n) is 15.2. The second-order valence-corrected chi connectivity index (χ2v) is 12.0. The fourth-order valence-electron chi connectivity index (χ4n) is 2.23. The second-order valence-electron chi connectivity index (χ2n) is 5.46. The van der Waals surface area contributed by atoms with Crippen molar-refractivity contribution in [2.45, 2.75) is 0 Å². The van der Waals surface area contributed by atoms with Crippen molar-refractivity contribution >= 4 is 90.3 Å². The molecule has 0 heterocycles. The van der Waals surface area contributed by atoms with Crippen molar-refractivity contribution in [3.05, 3.63) is 121 Å². The average molecular weight is 725 g/mol. The van der Waals surface area contributed by atoms with E-state index < -0.39 is 0 Å². The molecule has 0 bridgehead atoms. The summed E-state index contributed by atoms with van der Waals surface area (Å²) in [5.74, 6) is 0. The van der Waals surface area contributed by atoms with Gasteiger partial charge in [0.2, 0.25) is 0 Å². The number of halogens is 2. The molecule has 28 heavy (non-hydrogen) atoms. The molecule has 0 unspecified atom stereocenters. The molecule has 0 aliphatic heterocycles. The molecule has 0 N–H and O–H groups in total. The van der Waals surface area contributed by atoms with Crippen LogP contribution in [-0.2, 0) is 0 Å². The summed E-state index contributed by atoms with van der Waals surface area (Å²) in [5.41, 5.74) is 0. The molecule has 4 rings (SSSR count). The Balaban J connectivity index is 0.000000261. The van der Waals surface area contributed by atoms with Crippen LogP contribution < -0.4 is 14.4 Å². The molecule has 0 aromatic heterocycles. The first-order chi connectivity index (χ1) is 12.9. The molecule has 0 spiro atoms. The summed E-state index contributed by atoms with van der Waals surface area (Å²) in [6, 6.07) is 42.9. The van der Waals surface area contributed by atoms with Gasteiger partial charge in [-0.05, 0) is 0 Å². The van der Waals surface area contributed by atoms with Crippen LogP contribution in [0, 0.1) is 0 Å². The number of benzene rings is 4. The predicted octanol–water partition coefficient (Wildman–Crippen LogP) is 3.84. The Labute approximate surface area is 209 Å². The Hall–Kier alpha value is -0.581. The van der Waals surface area contributed by atoms with Crippen molar-refractivity contribution in [2.24, 2.45) is 0 Å². The molecule has 0 radical (unpaired) electrons. The molecular formula is C24H22Br2Te2. The van der Waals surface area contributed by atoms with Crippen LogP contribution in [0.2, 0.25) is 0 Å². The third-order valence-corrected chi connectivity index (χ3v) is 9.24. The van der Waals surface area contributed by atoms with Gasteiger partial charge in [0.1, 0.15) is 0 Å². The zero-order valence-corrected chi connectivity index (χ0v) is 23.3. The normalized spacial score (nSPS) is 9.14. The van der Waals surface area contributed by atoms with E-state index in [4.69, 9.17) is 0 Å². The van der Waals surface area contributed by atoms with E-state index in [-0.39, 0.29) is 75.8 Å². The van der Waals surface area contributed by atoms with Gasteiger partial charge < -0.3 is 0 Å². The zero-order chi connectivity index (χ0) is 17.9. The molecule has 0 nitrogen and oxygen atoms in total. The van der Waals surface area contributed by atoms with Gasteiger partial charge in [-0.15, -0.1) is 34.0 Å². The van der Waals surface area contributed by atoms with E-state index in [0.29, 0.717) is 0 Å². The van der Waals surface area contributed by atoms with E-state index in [1.54, 1.807) is 0 Å². The van der Waals surface area contributed by atoms with Crippen LogP contribution in [0.15, 0.2) is 121 Å². The van der Waals surface area contributed by atoms with E-state index in [9.17, 15) is 0 Å². The van der Waals surface area contributed by atoms with Gasteiger partial charge in [0.05, 0.1) is 0 Å². The Bertz CT molecular complexity index is 719. The first kappa shape index (κ1) is 25.5. The quantitative estimate of drug-likeness (QED) is 0.281. The molecule has 0 aliphatic carbocycles. The van der Waals surface area contributed by atoms with Crippen LogP contribution in [0.3, 0.4) is 0 Å². The summed E-state index contributed by atoms with van der Waals surface area (Å²) in [5, 5.41) is 0. The van der Waals surface area contributed by atoms with Gasteiger partial charge in [-0.2, -0.15) is 0 Å². The Morgan fingerprint density at radius 3 is 0.643 bits per heavy atom. The van der Waals surface area contributed by atoms with E-state index in [0.717, 1.165) is 0 Å². The third kappa shape index (κ3) is 9.75. The molecule has 0 atom stereocenters. The van der Waals surface area contributed by atoms with E-state index >= 15 is 0 Å². The van der Waals surface area contributed by atoms with Crippen molar-refractivity contribution in [2.75, 3.05) is 0 Å². The predicted molar refractivity (Wildman–Crippen MR) is 136 cm³/mol. The van der Waals surface area contributed by atoms with Gasteiger partial charge in [-0.3, -0.25) is 0 Å². The van der Waals surface area contributed by atoms with Gasteiger partial charge >= 0.3 is 178 Å². The molecule has 4 aromatic carbocycles. The van der Waals surface area contributed by atoms with Crippen LogP contribution in [0.4, 0.5) is 0 Å². The standard InChI is InChI=1S/2C12H10Te.2BrH/c2*1-3-7-11(8-4-1)13-12-9-5-2-6-10-12;;/h2*1-10H;2*1H. The maximum atomic E-state index is 2.22. The number of rotatable bonds is 4. The van der Waals surface area contributed by atoms with Gasteiger partial charge in [-0.1, -0.05) is 0 Å². The summed E-state index contributed by atoms with van der Waals surface area (Å²) >= 11 is -0.307. The first-order valence-corrected chi connectivity index (χ1v) is 13.1. The molecule has 0 saturated heterocycles. The van der Waals surface area contributed by atoms with Gasteiger partial charge in [0.25, 0.3) is 0 Å².